The Kier molecular flexibility index (Phi) is 7.32. The van der Waals surface area contributed by atoms with Crippen molar-refractivity contribution < 1.29 is 9.90 Å². The Bertz CT molecular complexity index is 314. The average Bonchev–Trinajstić information content (AvgIpc) is 2.13. The van der Waals surface area contributed by atoms with E-state index in [1.54, 1.807) is 0 Å². The summed E-state index contributed by atoms with van der Waals surface area (Å²) in [6.07, 6.45) is 6.25. The van der Waals surface area contributed by atoms with Crippen LogP contribution in [0.2, 0.25) is 0 Å². The van der Waals surface area contributed by atoms with Crippen LogP contribution in [0.5, 0.6) is 0 Å². The molecule has 2 heteroatoms. The van der Waals surface area contributed by atoms with E-state index in [-0.39, 0.29) is 12.3 Å². The molecule has 16 heavy (non-hydrogen) atoms. The van der Waals surface area contributed by atoms with Gasteiger partial charge >= 0.3 is 5.97 Å². The van der Waals surface area contributed by atoms with Crippen molar-refractivity contribution in [2.45, 2.75) is 47.0 Å². The van der Waals surface area contributed by atoms with E-state index >= 15 is 0 Å². The van der Waals surface area contributed by atoms with Crippen LogP contribution < -0.4 is 0 Å². The van der Waals surface area contributed by atoms with Crippen LogP contribution in [-0.2, 0) is 4.79 Å². The lowest BCUT2D eigenvalue weighted by molar-refractivity contribution is -0.137. The number of aliphatic carboxylic acids is 1. The van der Waals surface area contributed by atoms with Crippen LogP contribution in [0.1, 0.15) is 47.0 Å². The molecule has 1 atom stereocenters. The second-order valence-corrected chi connectivity index (χ2v) is 4.49. The largest absolute Gasteiger partial charge is 0.481 e. The average molecular weight is 222 g/mol. The van der Waals surface area contributed by atoms with Gasteiger partial charge in [-0.3, -0.25) is 4.79 Å². The van der Waals surface area contributed by atoms with Crippen LogP contribution in [0.25, 0.3) is 0 Å². The molecule has 0 aliphatic rings. The van der Waals surface area contributed by atoms with Gasteiger partial charge in [0.2, 0.25) is 0 Å². The van der Waals surface area contributed by atoms with Gasteiger partial charge in [-0.1, -0.05) is 18.6 Å². The normalized spacial score (nSPS) is 11.2. The Hall–Kier alpha value is -1.27. The third-order valence-corrected chi connectivity index (χ3v) is 2.18. The van der Waals surface area contributed by atoms with E-state index in [0.717, 1.165) is 12.8 Å². The summed E-state index contributed by atoms with van der Waals surface area (Å²) in [6.45, 7) is 8.10. The van der Waals surface area contributed by atoms with Crippen LogP contribution in [0.3, 0.4) is 0 Å². The summed E-state index contributed by atoms with van der Waals surface area (Å²) in [7, 11) is 0. The van der Waals surface area contributed by atoms with Crippen molar-refractivity contribution in [3.8, 4) is 0 Å². The van der Waals surface area contributed by atoms with Gasteiger partial charge in [0.1, 0.15) is 0 Å². The molecule has 1 N–H and O–H groups in total. The van der Waals surface area contributed by atoms with E-state index in [1.165, 1.54) is 11.1 Å². The topological polar surface area (TPSA) is 37.3 Å². The van der Waals surface area contributed by atoms with Gasteiger partial charge < -0.3 is 5.11 Å². The van der Waals surface area contributed by atoms with Gasteiger partial charge in [0, 0.05) is 0 Å². The quantitative estimate of drug-likeness (QED) is 0.546. The summed E-state index contributed by atoms with van der Waals surface area (Å²) in [5, 5.41) is 8.59. The van der Waals surface area contributed by atoms with E-state index in [2.05, 4.69) is 25.7 Å². The zero-order valence-corrected chi connectivity index (χ0v) is 10.7. The molecule has 0 radical (unpaired) electrons. The fourth-order valence-corrected chi connectivity index (χ4v) is 1.27. The third kappa shape index (κ3) is 9.29. The molecular formula is C14H22O2. The molecule has 0 heterocycles. The minimum Gasteiger partial charge on any atom is -0.481 e. The van der Waals surface area contributed by atoms with Gasteiger partial charge in [0.25, 0.3) is 0 Å². The Balaban J connectivity index is 4.14. The molecule has 0 aliphatic heterocycles. The minimum absolute atomic E-state index is 0.0518. The SMILES string of the molecule is CC(=C=CC(C)CC(=O)O)CCC=C(C)C. The molecular weight excluding hydrogens is 200 g/mol. The van der Waals surface area contributed by atoms with Crippen molar-refractivity contribution in [2.75, 3.05) is 0 Å². The van der Waals surface area contributed by atoms with Crippen LogP contribution in [0.4, 0.5) is 0 Å². The standard InChI is InChI=1S/C14H22O2/c1-11(2)6-5-7-12(3)8-9-13(4)10-14(15)16/h6,9,13H,5,7,10H2,1-4H3,(H,15,16). The fraction of sp³-hybridized carbons (Fsp3) is 0.571. The lowest BCUT2D eigenvalue weighted by Crippen LogP contribution is -2.00. The first-order valence-corrected chi connectivity index (χ1v) is 5.69. The molecule has 0 amide bonds. The van der Waals surface area contributed by atoms with Crippen molar-refractivity contribution in [3.05, 3.63) is 29.0 Å². The van der Waals surface area contributed by atoms with Crippen molar-refractivity contribution in [1.29, 1.82) is 0 Å². The van der Waals surface area contributed by atoms with E-state index in [1.807, 2.05) is 19.9 Å². The fourth-order valence-electron chi connectivity index (χ4n) is 1.27. The van der Waals surface area contributed by atoms with Crippen LogP contribution in [0, 0.1) is 5.92 Å². The third-order valence-electron chi connectivity index (χ3n) is 2.18. The highest BCUT2D eigenvalue weighted by Crippen LogP contribution is 2.07. The van der Waals surface area contributed by atoms with E-state index in [0.29, 0.717) is 0 Å². The van der Waals surface area contributed by atoms with Gasteiger partial charge in [-0.05, 0) is 51.2 Å². The zero-order valence-electron chi connectivity index (χ0n) is 10.7. The number of carboxylic acid groups (broad SMARTS) is 1. The smallest absolute Gasteiger partial charge is 0.303 e. The Morgan fingerprint density at radius 3 is 2.50 bits per heavy atom. The number of hydrogen-bond acceptors (Lipinski definition) is 1. The lowest BCUT2D eigenvalue weighted by atomic mass is 10.1. The monoisotopic (exact) mass is 222 g/mol. The maximum atomic E-state index is 10.4. The summed E-state index contributed by atoms with van der Waals surface area (Å²) < 4.78 is 0. The number of allylic oxidation sites excluding steroid dienone is 3. The number of hydrogen-bond donors (Lipinski definition) is 1. The summed E-state index contributed by atoms with van der Waals surface area (Å²) in [5.41, 5.74) is 5.67. The van der Waals surface area contributed by atoms with Crippen LogP contribution in [0.15, 0.2) is 29.0 Å². The minimum atomic E-state index is -0.757. The van der Waals surface area contributed by atoms with Crippen molar-refractivity contribution in [1.82, 2.24) is 0 Å². The van der Waals surface area contributed by atoms with Gasteiger partial charge in [-0.2, -0.15) is 0 Å². The van der Waals surface area contributed by atoms with Gasteiger partial charge in [0.05, 0.1) is 6.42 Å². The van der Waals surface area contributed by atoms with Crippen molar-refractivity contribution >= 4 is 5.97 Å². The molecule has 0 spiro atoms. The molecule has 0 bridgehead atoms. The Labute approximate surface area is 98.4 Å². The molecule has 0 aliphatic carbocycles. The number of carboxylic acids is 1. The van der Waals surface area contributed by atoms with Gasteiger partial charge in [0.15, 0.2) is 0 Å². The zero-order chi connectivity index (χ0) is 12.6. The highest BCUT2D eigenvalue weighted by molar-refractivity contribution is 5.67. The molecule has 0 aromatic heterocycles. The molecule has 0 saturated carbocycles. The highest BCUT2D eigenvalue weighted by Gasteiger charge is 2.02. The highest BCUT2D eigenvalue weighted by atomic mass is 16.4. The van der Waals surface area contributed by atoms with Crippen LogP contribution in [-0.4, -0.2) is 11.1 Å². The summed E-state index contributed by atoms with van der Waals surface area (Å²) in [6, 6.07) is 0. The van der Waals surface area contributed by atoms with E-state index in [9.17, 15) is 4.79 Å². The number of carbonyl (C=O) groups is 1. The maximum absolute atomic E-state index is 10.4. The molecule has 0 aromatic carbocycles. The van der Waals surface area contributed by atoms with E-state index in [4.69, 9.17) is 5.11 Å². The summed E-state index contributed by atoms with van der Waals surface area (Å²) in [5.74, 6) is -0.705. The second-order valence-electron chi connectivity index (χ2n) is 4.49. The van der Waals surface area contributed by atoms with Gasteiger partial charge in [-0.25, -0.2) is 0 Å². The van der Waals surface area contributed by atoms with Gasteiger partial charge in [-0.15, -0.1) is 5.73 Å². The van der Waals surface area contributed by atoms with Crippen molar-refractivity contribution in [2.24, 2.45) is 5.92 Å². The van der Waals surface area contributed by atoms with Crippen molar-refractivity contribution in [3.63, 3.8) is 0 Å². The molecule has 1 unspecified atom stereocenters. The Morgan fingerprint density at radius 1 is 1.38 bits per heavy atom. The summed E-state index contributed by atoms with van der Waals surface area (Å²) in [4.78, 5) is 10.4. The van der Waals surface area contributed by atoms with Crippen LogP contribution >= 0.6 is 0 Å². The molecule has 0 rings (SSSR count). The molecule has 90 valence electrons. The Morgan fingerprint density at radius 2 is 2.00 bits per heavy atom. The second kappa shape index (κ2) is 7.95. The first-order chi connectivity index (χ1) is 7.41. The molecule has 0 saturated heterocycles. The predicted molar refractivity (Wildman–Crippen MR) is 67.4 cm³/mol. The summed E-state index contributed by atoms with van der Waals surface area (Å²) >= 11 is 0. The maximum Gasteiger partial charge on any atom is 0.303 e. The number of rotatable bonds is 6. The lowest BCUT2D eigenvalue weighted by Gasteiger charge is -1.99. The predicted octanol–water partition coefficient (Wildman–Crippen LogP) is 3.95. The first kappa shape index (κ1) is 14.7. The first-order valence-electron chi connectivity index (χ1n) is 5.69. The van der Waals surface area contributed by atoms with E-state index < -0.39 is 5.97 Å². The molecule has 0 fully saturated rings. The molecule has 2 nitrogen and oxygen atoms in total. The molecule has 0 aromatic rings.